The summed E-state index contributed by atoms with van der Waals surface area (Å²) in [6.45, 7) is 6.84. The average Bonchev–Trinajstić information content (AvgIpc) is 2.26. The fourth-order valence-corrected chi connectivity index (χ4v) is 1.20. The molecule has 2 heteroatoms. The van der Waals surface area contributed by atoms with Crippen LogP contribution >= 0.6 is 0 Å². The van der Waals surface area contributed by atoms with Gasteiger partial charge in [0.1, 0.15) is 5.75 Å². The maximum atomic E-state index is 9.33. The first-order valence-electron chi connectivity index (χ1n) is 5.54. The Morgan fingerprint density at radius 1 is 1.20 bits per heavy atom. The molecule has 0 aliphatic carbocycles. The van der Waals surface area contributed by atoms with E-state index in [1.165, 1.54) is 0 Å². The van der Waals surface area contributed by atoms with Crippen LogP contribution in [0.15, 0.2) is 24.3 Å². The summed E-state index contributed by atoms with van der Waals surface area (Å²) in [5, 5.41) is 9.33. The highest BCUT2D eigenvalue weighted by Gasteiger charge is 2.02. The zero-order valence-corrected chi connectivity index (χ0v) is 9.73. The number of ether oxygens (including phenoxy) is 1. The van der Waals surface area contributed by atoms with E-state index in [4.69, 9.17) is 4.74 Å². The molecule has 0 aromatic heterocycles. The third-order valence-corrected chi connectivity index (χ3v) is 2.59. The first kappa shape index (κ1) is 12.1. The second-order valence-electron chi connectivity index (χ2n) is 4.07. The highest BCUT2D eigenvalue weighted by molar-refractivity contribution is 5.28. The van der Waals surface area contributed by atoms with Crippen LogP contribution in [-0.2, 0) is 0 Å². The molecule has 0 saturated heterocycles. The second kappa shape index (κ2) is 5.76. The quantitative estimate of drug-likeness (QED) is 0.805. The number of hydrogen-bond donors (Lipinski definition) is 1. The third-order valence-electron chi connectivity index (χ3n) is 2.59. The molecule has 0 spiro atoms. The first-order valence-corrected chi connectivity index (χ1v) is 5.54. The minimum Gasteiger partial charge on any atom is -0.493 e. The molecule has 0 aliphatic heterocycles. The van der Waals surface area contributed by atoms with E-state index in [2.05, 4.69) is 13.8 Å². The van der Waals surface area contributed by atoms with Gasteiger partial charge >= 0.3 is 0 Å². The van der Waals surface area contributed by atoms with Gasteiger partial charge in [-0.25, -0.2) is 0 Å². The maximum absolute atomic E-state index is 9.33. The predicted molar refractivity (Wildman–Crippen MR) is 62.0 cm³/mol. The Morgan fingerprint density at radius 2 is 1.80 bits per heavy atom. The average molecular weight is 208 g/mol. The summed E-state index contributed by atoms with van der Waals surface area (Å²) in [4.78, 5) is 0. The summed E-state index contributed by atoms with van der Waals surface area (Å²) < 4.78 is 5.61. The molecule has 2 nitrogen and oxygen atoms in total. The van der Waals surface area contributed by atoms with Gasteiger partial charge in [0, 0.05) is 0 Å². The van der Waals surface area contributed by atoms with Crippen molar-refractivity contribution < 1.29 is 9.84 Å². The van der Waals surface area contributed by atoms with Gasteiger partial charge in [-0.1, -0.05) is 32.4 Å². The topological polar surface area (TPSA) is 29.5 Å². The van der Waals surface area contributed by atoms with E-state index >= 15 is 0 Å². The highest BCUT2D eigenvalue weighted by atomic mass is 16.5. The summed E-state index contributed by atoms with van der Waals surface area (Å²) in [5.41, 5.74) is 0.922. The number of aliphatic hydroxyl groups is 1. The minimum atomic E-state index is -0.409. The molecule has 1 aromatic carbocycles. The zero-order valence-electron chi connectivity index (χ0n) is 9.73. The molecule has 1 aromatic rings. The standard InChI is InChI=1S/C13H20O2/c1-4-10(2)9-15-13-7-5-12(6-8-13)11(3)14/h5-8,10-11,14H,4,9H2,1-3H3/t10?,11-/m1/s1. The van der Waals surface area contributed by atoms with Gasteiger partial charge in [0.2, 0.25) is 0 Å². The molecular formula is C13H20O2. The number of aliphatic hydroxyl groups excluding tert-OH is 1. The van der Waals surface area contributed by atoms with Crippen molar-refractivity contribution in [3.8, 4) is 5.75 Å². The zero-order chi connectivity index (χ0) is 11.3. The van der Waals surface area contributed by atoms with Gasteiger partial charge in [0.05, 0.1) is 12.7 Å². The van der Waals surface area contributed by atoms with Crippen LogP contribution in [-0.4, -0.2) is 11.7 Å². The van der Waals surface area contributed by atoms with Crippen LogP contribution in [0.25, 0.3) is 0 Å². The Morgan fingerprint density at radius 3 is 2.27 bits per heavy atom. The van der Waals surface area contributed by atoms with Crippen molar-refractivity contribution in [3.05, 3.63) is 29.8 Å². The van der Waals surface area contributed by atoms with Crippen molar-refractivity contribution >= 4 is 0 Å². The lowest BCUT2D eigenvalue weighted by Crippen LogP contribution is -2.07. The Hall–Kier alpha value is -1.02. The maximum Gasteiger partial charge on any atom is 0.119 e. The molecule has 0 fully saturated rings. The molecule has 1 unspecified atom stereocenters. The van der Waals surface area contributed by atoms with Crippen molar-refractivity contribution in [1.82, 2.24) is 0 Å². The minimum absolute atomic E-state index is 0.409. The first-order chi connectivity index (χ1) is 7.13. The lowest BCUT2D eigenvalue weighted by atomic mass is 10.1. The molecule has 1 rings (SSSR count). The van der Waals surface area contributed by atoms with Crippen molar-refractivity contribution in [2.45, 2.75) is 33.3 Å². The number of rotatable bonds is 5. The molecule has 2 atom stereocenters. The van der Waals surface area contributed by atoms with Crippen LogP contribution in [0.1, 0.15) is 38.9 Å². The smallest absolute Gasteiger partial charge is 0.119 e. The van der Waals surface area contributed by atoms with E-state index in [0.29, 0.717) is 5.92 Å². The van der Waals surface area contributed by atoms with Gasteiger partial charge in [0.25, 0.3) is 0 Å². The van der Waals surface area contributed by atoms with Crippen LogP contribution in [0.2, 0.25) is 0 Å². The van der Waals surface area contributed by atoms with Gasteiger partial charge in [-0.05, 0) is 30.5 Å². The van der Waals surface area contributed by atoms with Crippen LogP contribution < -0.4 is 4.74 Å². The van der Waals surface area contributed by atoms with Crippen molar-refractivity contribution in [2.75, 3.05) is 6.61 Å². The predicted octanol–water partition coefficient (Wildman–Crippen LogP) is 3.16. The molecular weight excluding hydrogens is 188 g/mol. The Labute approximate surface area is 91.9 Å². The van der Waals surface area contributed by atoms with Gasteiger partial charge in [-0.3, -0.25) is 0 Å². The lowest BCUT2D eigenvalue weighted by Gasteiger charge is -2.11. The number of benzene rings is 1. The summed E-state index contributed by atoms with van der Waals surface area (Å²) in [7, 11) is 0. The van der Waals surface area contributed by atoms with Crippen LogP contribution in [0.4, 0.5) is 0 Å². The largest absolute Gasteiger partial charge is 0.493 e. The van der Waals surface area contributed by atoms with E-state index < -0.39 is 6.10 Å². The summed E-state index contributed by atoms with van der Waals surface area (Å²) in [6.07, 6.45) is 0.722. The molecule has 1 N–H and O–H groups in total. The van der Waals surface area contributed by atoms with Crippen LogP contribution in [0.3, 0.4) is 0 Å². The second-order valence-corrected chi connectivity index (χ2v) is 4.07. The van der Waals surface area contributed by atoms with Crippen molar-refractivity contribution in [2.24, 2.45) is 5.92 Å². The van der Waals surface area contributed by atoms with E-state index in [1.807, 2.05) is 24.3 Å². The normalized spacial score (nSPS) is 14.7. The van der Waals surface area contributed by atoms with E-state index in [-0.39, 0.29) is 0 Å². The molecule has 0 amide bonds. The van der Waals surface area contributed by atoms with Gasteiger partial charge in [-0.15, -0.1) is 0 Å². The Bertz CT molecular complexity index is 277. The van der Waals surface area contributed by atoms with Crippen molar-refractivity contribution in [3.63, 3.8) is 0 Å². The molecule has 0 heterocycles. The fraction of sp³-hybridized carbons (Fsp3) is 0.538. The molecule has 0 saturated carbocycles. The monoisotopic (exact) mass is 208 g/mol. The van der Waals surface area contributed by atoms with Gasteiger partial charge in [-0.2, -0.15) is 0 Å². The summed E-state index contributed by atoms with van der Waals surface area (Å²) in [6, 6.07) is 7.61. The van der Waals surface area contributed by atoms with E-state index in [0.717, 1.165) is 24.3 Å². The van der Waals surface area contributed by atoms with Crippen LogP contribution in [0.5, 0.6) is 5.75 Å². The Balaban J connectivity index is 2.50. The van der Waals surface area contributed by atoms with Crippen molar-refractivity contribution in [1.29, 1.82) is 0 Å². The summed E-state index contributed by atoms with van der Waals surface area (Å²) >= 11 is 0. The summed E-state index contributed by atoms with van der Waals surface area (Å²) in [5.74, 6) is 1.46. The van der Waals surface area contributed by atoms with Gasteiger partial charge < -0.3 is 9.84 Å². The lowest BCUT2D eigenvalue weighted by molar-refractivity contribution is 0.199. The number of hydrogen-bond acceptors (Lipinski definition) is 2. The Kier molecular flexibility index (Phi) is 4.63. The fourth-order valence-electron chi connectivity index (χ4n) is 1.20. The van der Waals surface area contributed by atoms with Crippen LogP contribution in [0, 0.1) is 5.92 Å². The van der Waals surface area contributed by atoms with Gasteiger partial charge in [0.15, 0.2) is 0 Å². The molecule has 0 bridgehead atoms. The van der Waals surface area contributed by atoms with E-state index in [9.17, 15) is 5.11 Å². The molecule has 0 aliphatic rings. The molecule has 84 valence electrons. The SMILES string of the molecule is CCC(C)COc1ccc([C@@H](C)O)cc1. The van der Waals surface area contributed by atoms with E-state index in [1.54, 1.807) is 6.92 Å². The third kappa shape index (κ3) is 3.92. The molecule has 0 radical (unpaired) electrons. The molecule has 15 heavy (non-hydrogen) atoms. The highest BCUT2D eigenvalue weighted by Crippen LogP contribution is 2.18.